The van der Waals surface area contributed by atoms with Gasteiger partial charge in [0.2, 0.25) is 10.0 Å². The van der Waals surface area contributed by atoms with E-state index in [0.717, 1.165) is 31.0 Å². The number of hydrogen-bond acceptors (Lipinski definition) is 2. The molecule has 3 nitrogen and oxygen atoms in total. The van der Waals surface area contributed by atoms with Crippen LogP contribution in [0.5, 0.6) is 0 Å². The molecule has 0 aromatic heterocycles. The van der Waals surface area contributed by atoms with Gasteiger partial charge in [-0.15, -0.1) is 0 Å². The Morgan fingerprint density at radius 3 is 2.53 bits per heavy atom. The summed E-state index contributed by atoms with van der Waals surface area (Å²) in [5, 5.41) is 0.811. The molecule has 0 bridgehead atoms. The zero-order chi connectivity index (χ0) is 14.5. The number of rotatable bonds is 7. The quantitative estimate of drug-likeness (QED) is 0.649. The minimum atomic E-state index is -4.28. The summed E-state index contributed by atoms with van der Waals surface area (Å²) in [4.78, 5) is 0. The smallest absolute Gasteiger partial charge is 0.212 e. The highest BCUT2D eigenvalue weighted by atomic mass is 79.9. The molecule has 0 N–H and O–H groups in total. The highest BCUT2D eigenvalue weighted by molar-refractivity contribution is 9.09. The molecule has 0 aromatic carbocycles. The van der Waals surface area contributed by atoms with E-state index in [0.29, 0.717) is 6.54 Å². The van der Waals surface area contributed by atoms with Gasteiger partial charge in [-0.25, -0.2) is 8.42 Å². The van der Waals surface area contributed by atoms with Crippen LogP contribution in [0, 0.1) is 0 Å². The van der Waals surface area contributed by atoms with Gasteiger partial charge < -0.3 is 0 Å². The van der Waals surface area contributed by atoms with Crippen LogP contribution in [0.2, 0.25) is 0 Å². The normalized spacial score (nSPS) is 22.0. The van der Waals surface area contributed by atoms with Crippen LogP contribution in [0.15, 0.2) is 0 Å². The third-order valence-corrected chi connectivity index (χ3v) is 5.77. The summed E-state index contributed by atoms with van der Waals surface area (Å²) in [5.41, 5.74) is 0. The van der Waals surface area contributed by atoms with Crippen molar-refractivity contribution in [3.8, 4) is 0 Å². The van der Waals surface area contributed by atoms with Crippen molar-refractivity contribution in [2.24, 2.45) is 0 Å². The van der Waals surface area contributed by atoms with E-state index < -0.39 is 28.4 Å². The Kier molecular flexibility index (Phi) is 6.59. The zero-order valence-electron chi connectivity index (χ0n) is 10.6. The monoisotopic (exact) mass is 365 g/mol. The van der Waals surface area contributed by atoms with Crippen LogP contribution >= 0.6 is 15.9 Å². The molecule has 1 unspecified atom stereocenters. The second-order valence-electron chi connectivity index (χ2n) is 4.77. The minimum absolute atomic E-state index is 0.0339. The largest absolute Gasteiger partial charge is 0.389 e. The van der Waals surface area contributed by atoms with Crippen LogP contribution in [0.25, 0.3) is 0 Å². The lowest BCUT2D eigenvalue weighted by Gasteiger charge is -2.24. The third kappa shape index (κ3) is 5.99. The second kappa shape index (κ2) is 7.26. The number of halogens is 4. The maximum absolute atomic E-state index is 12.0. The molecule has 0 aromatic rings. The highest BCUT2D eigenvalue weighted by Gasteiger charge is 2.34. The van der Waals surface area contributed by atoms with Gasteiger partial charge in [0, 0.05) is 24.3 Å². The van der Waals surface area contributed by atoms with E-state index >= 15 is 0 Å². The summed E-state index contributed by atoms with van der Waals surface area (Å²) in [6.07, 6.45) is -2.42. The average molecular weight is 366 g/mol. The molecule has 0 spiro atoms. The molecular weight excluding hydrogens is 347 g/mol. The predicted molar refractivity (Wildman–Crippen MR) is 71.8 cm³/mol. The van der Waals surface area contributed by atoms with Gasteiger partial charge in [0.1, 0.15) is 0 Å². The number of nitrogens with zero attached hydrogens (tertiary/aromatic N) is 1. The Balaban J connectivity index is 2.51. The van der Waals surface area contributed by atoms with Crippen molar-refractivity contribution in [3.05, 3.63) is 0 Å². The molecular formula is C11H19BrF3NO2S. The second-order valence-corrected chi connectivity index (χ2v) is 7.61. The first-order valence-electron chi connectivity index (χ1n) is 6.38. The molecule has 1 atom stereocenters. The Hall–Kier alpha value is 0.180. The average Bonchev–Trinajstić information content (AvgIpc) is 2.72. The number of sulfonamides is 1. The summed E-state index contributed by atoms with van der Waals surface area (Å²) in [6, 6.07) is -0.0339. The molecule has 1 aliphatic rings. The van der Waals surface area contributed by atoms with Gasteiger partial charge in [-0.2, -0.15) is 17.5 Å². The zero-order valence-corrected chi connectivity index (χ0v) is 13.0. The molecule has 1 aliphatic heterocycles. The fraction of sp³-hybridized carbons (Fsp3) is 1.00. The lowest BCUT2D eigenvalue weighted by Crippen LogP contribution is -2.37. The van der Waals surface area contributed by atoms with E-state index in [4.69, 9.17) is 0 Å². The summed E-state index contributed by atoms with van der Waals surface area (Å²) in [5.74, 6) is -0.405. The molecule has 0 amide bonds. The standard InChI is InChI=1S/C11H19BrF3NO2S/c12-7-1-4-10-5-2-8-16(10)19(17,18)9-3-6-11(13,14)15/h10H,1-9H2. The van der Waals surface area contributed by atoms with Crippen LogP contribution < -0.4 is 0 Å². The number of hydrogen-bond donors (Lipinski definition) is 0. The van der Waals surface area contributed by atoms with E-state index in [2.05, 4.69) is 15.9 Å². The van der Waals surface area contributed by atoms with Crippen molar-refractivity contribution in [2.75, 3.05) is 17.6 Å². The molecule has 0 radical (unpaired) electrons. The van der Waals surface area contributed by atoms with Gasteiger partial charge in [0.05, 0.1) is 5.75 Å². The van der Waals surface area contributed by atoms with Crippen molar-refractivity contribution in [1.82, 2.24) is 4.31 Å². The van der Waals surface area contributed by atoms with E-state index in [1.165, 1.54) is 4.31 Å². The van der Waals surface area contributed by atoms with E-state index in [9.17, 15) is 21.6 Å². The van der Waals surface area contributed by atoms with Crippen LogP contribution in [-0.4, -0.2) is 42.6 Å². The lowest BCUT2D eigenvalue weighted by molar-refractivity contribution is -0.134. The van der Waals surface area contributed by atoms with Gasteiger partial charge in [-0.05, 0) is 32.1 Å². The fourth-order valence-electron chi connectivity index (χ4n) is 2.35. The Morgan fingerprint density at radius 1 is 1.26 bits per heavy atom. The maximum Gasteiger partial charge on any atom is 0.389 e. The minimum Gasteiger partial charge on any atom is -0.212 e. The van der Waals surface area contributed by atoms with Gasteiger partial charge >= 0.3 is 6.18 Å². The van der Waals surface area contributed by atoms with Crippen molar-refractivity contribution in [3.63, 3.8) is 0 Å². The molecule has 19 heavy (non-hydrogen) atoms. The van der Waals surface area contributed by atoms with Crippen molar-refractivity contribution in [1.29, 1.82) is 0 Å². The summed E-state index contributed by atoms with van der Waals surface area (Å²) < 4.78 is 61.6. The SMILES string of the molecule is O=S(=O)(CCCC(F)(F)F)N1CCCC1CCCBr. The topological polar surface area (TPSA) is 37.4 Å². The molecule has 1 saturated heterocycles. The summed E-state index contributed by atoms with van der Waals surface area (Å²) in [6.45, 7) is 0.446. The van der Waals surface area contributed by atoms with Crippen LogP contribution in [0.3, 0.4) is 0 Å². The van der Waals surface area contributed by atoms with Gasteiger partial charge in [-0.1, -0.05) is 15.9 Å². The van der Waals surface area contributed by atoms with Crippen LogP contribution in [-0.2, 0) is 10.0 Å². The first-order chi connectivity index (χ1) is 8.76. The van der Waals surface area contributed by atoms with Crippen LogP contribution in [0.1, 0.15) is 38.5 Å². The third-order valence-electron chi connectivity index (χ3n) is 3.21. The van der Waals surface area contributed by atoms with Crippen molar-refractivity contribution < 1.29 is 21.6 Å². The maximum atomic E-state index is 12.0. The Labute approximate surface area is 120 Å². The van der Waals surface area contributed by atoms with E-state index in [1.807, 2.05) is 0 Å². The molecule has 1 heterocycles. The van der Waals surface area contributed by atoms with E-state index in [1.54, 1.807) is 0 Å². The van der Waals surface area contributed by atoms with Crippen LogP contribution in [0.4, 0.5) is 13.2 Å². The molecule has 0 aliphatic carbocycles. The fourth-order valence-corrected chi connectivity index (χ4v) is 4.49. The van der Waals surface area contributed by atoms with Crippen molar-refractivity contribution in [2.45, 2.75) is 50.7 Å². The Bertz CT molecular complexity index is 373. The van der Waals surface area contributed by atoms with Gasteiger partial charge in [0.25, 0.3) is 0 Å². The predicted octanol–water partition coefficient (Wildman–Crippen LogP) is 3.30. The van der Waals surface area contributed by atoms with Gasteiger partial charge in [0.15, 0.2) is 0 Å². The summed E-state index contributed by atoms with van der Waals surface area (Å²) in [7, 11) is -3.54. The Morgan fingerprint density at radius 2 is 1.95 bits per heavy atom. The van der Waals surface area contributed by atoms with Crippen molar-refractivity contribution >= 4 is 26.0 Å². The molecule has 0 saturated carbocycles. The molecule has 1 rings (SSSR count). The number of alkyl halides is 4. The first-order valence-corrected chi connectivity index (χ1v) is 9.11. The molecule has 8 heteroatoms. The molecule has 114 valence electrons. The first kappa shape index (κ1) is 17.2. The van der Waals surface area contributed by atoms with E-state index in [-0.39, 0.29) is 12.5 Å². The molecule has 1 fully saturated rings. The lowest BCUT2D eigenvalue weighted by atomic mass is 10.1. The summed E-state index contributed by atoms with van der Waals surface area (Å²) >= 11 is 3.30. The van der Waals surface area contributed by atoms with Gasteiger partial charge in [-0.3, -0.25) is 0 Å². The highest BCUT2D eigenvalue weighted by Crippen LogP contribution is 2.27.